The van der Waals surface area contributed by atoms with Crippen molar-refractivity contribution in [3.8, 4) is 0 Å². The molecule has 6 heteroatoms. The van der Waals surface area contributed by atoms with Gasteiger partial charge in [-0.3, -0.25) is 4.79 Å². The number of nitrogens with two attached hydrogens (primary N) is 2. The molecular weight excluding hydrogens is 304 g/mol. The second-order valence-electron chi connectivity index (χ2n) is 6.46. The third-order valence-corrected chi connectivity index (χ3v) is 4.74. The van der Waals surface area contributed by atoms with E-state index in [2.05, 4.69) is 24.4 Å². The number of unbranched alkanes of at least 4 members (excludes halogenated alkanes) is 1. The zero-order valence-electron chi connectivity index (χ0n) is 14.3. The van der Waals surface area contributed by atoms with E-state index in [0.29, 0.717) is 26.1 Å². The van der Waals surface area contributed by atoms with Gasteiger partial charge in [-0.05, 0) is 24.4 Å². The van der Waals surface area contributed by atoms with Crippen LogP contribution in [0.2, 0.25) is 0 Å². The summed E-state index contributed by atoms with van der Waals surface area (Å²) in [6.07, 6.45) is 2.44. The summed E-state index contributed by atoms with van der Waals surface area (Å²) in [7, 11) is 0. The zero-order valence-corrected chi connectivity index (χ0v) is 14.3. The van der Waals surface area contributed by atoms with Crippen LogP contribution in [-0.4, -0.2) is 42.5 Å². The largest absolute Gasteiger partial charge is 0.352 e. The summed E-state index contributed by atoms with van der Waals surface area (Å²) in [5.41, 5.74) is 12.4. The molecule has 0 spiro atoms. The standard InChI is InChI=1S/C18H28N4O2/c1-2-3-9-16(21-18(20)24)17(23)22-11-14(10-19)15(12-22)13-7-5-4-6-8-13/h4-8,14-16H,2-3,9-12,19H2,1H3,(H3,20,21,24)/t14-,15+,16?/m1/s1. The van der Waals surface area contributed by atoms with Crippen LogP contribution in [0.4, 0.5) is 4.79 Å². The van der Waals surface area contributed by atoms with Crippen LogP contribution in [-0.2, 0) is 4.79 Å². The number of urea groups is 1. The predicted octanol–water partition coefficient (Wildman–Crippen LogP) is 1.41. The van der Waals surface area contributed by atoms with E-state index >= 15 is 0 Å². The SMILES string of the molecule is CCCCC(NC(N)=O)C(=O)N1C[C@@H](CN)[C@H](c2ccccc2)C1. The Morgan fingerprint density at radius 3 is 2.58 bits per heavy atom. The molecule has 6 nitrogen and oxygen atoms in total. The normalized spacial score (nSPS) is 21.5. The first-order valence-corrected chi connectivity index (χ1v) is 8.66. The molecular formula is C18H28N4O2. The molecule has 5 N–H and O–H groups in total. The van der Waals surface area contributed by atoms with E-state index in [4.69, 9.17) is 11.5 Å². The predicted molar refractivity (Wildman–Crippen MR) is 94.3 cm³/mol. The van der Waals surface area contributed by atoms with Gasteiger partial charge in [0.15, 0.2) is 0 Å². The Balaban J connectivity index is 2.10. The van der Waals surface area contributed by atoms with Gasteiger partial charge in [0.1, 0.15) is 6.04 Å². The average Bonchev–Trinajstić information content (AvgIpc) is 3.02. The Bertz CT molecular complexity index is 549. The molecule has 1 aromatic carbocycles. The van der Waals surface area contributed by atoms with Crippen LogP contribution in [0, 0.1) is 5.92 Å². The van der Waals surface area contributed by atoms with Gasteiger partial charge in [-0.15, -0.1) is 0 Å². The first-order chi connectivity index (χ1) is 11.6. The van der Waals surface area contributed by atoms with Crippen molar-refractivity contribution in [1.29, 1.82) is 0 Å². The van der Waals surface area contributed by atoms with Gasteiger partial charge in [-0.2, -0.15) is 0 Å². The highest BCUT2D eigenvalue weighted by atomic mass is 16.2. The van der Waals surface area contributed by atoms with Crippen molar-refractivity contribution >= 4 is 11.9 Å². The molecule has 1 heterocycles. The molecule has 1 fully saturated rings. The summed E-state index contributed by atoms with van der Waals surface area (Å²) in [5.74, 6) is 0.413. The maximum atomic E-state index is 12.8. The lowest BCUT2D eigenvalue weighted by atomic mass is 9.89. The third kappa shape index (κ3) is 4.47. The van der Waals surface area contributed by atoms with Crippen LogP contribution in [0.3, 0.4) is 0 Å². The van der Waals surface area contributed by atoms with E-state index in [9.17, 15) is 9.59 Å². The molecule has 1 aliphatic rings. The molecule has 0 bridgehead atoms. The van der Waals surface area contributed by atoms with E-state index < -0.39 is 12.1 Å². The number of carbonyl (C=O) groups is 2. The number of likely N-dealkylation sites (tertiary alicyclic amines) is 1. The van der Waals surface area contributed by atoms with E-state index in [1.165, 1.54) is 5.56 Å². The number of nitrogens with one attached hydrogen (secondary N) is 1. The van der Waals surface area contributed by atoms with Crippen molar-refractivity contribution in [2.75, 3.05) is 19.6 Å². The molecule has 1 aliphatic heterocycles. The Morgan fingerprint density at radius 2 is 2.00 bits per heavy atom. The van der Waals surface area contributed by atoms with Crippen molar-refractivity contribution in [1.82, 2.24) is 10.2 Å². The van der Waals surface area contributed by atoms with Crippen molar-refractivity contribution in [3.63, 3.8) is 0 Å². The van der Waals surface area contributed by atoms with Gasteiger partial charge in [0.25, 0.3) is 0 Å². The fourth-order valence-corrected chi connectivity index (χ4v) is 3.43. The van der Waals surface area contributed by atoms with E-state index in [1.54, 1.807) is 0 Å². The van der Waals surface area contributed by atoms with Crippen LogP contribution in [0.15, 0.2) is 30.3 Å². The molecule has 0 radical (unpaired) electrons. The number of hydrogen-bond donors (Lipinski definition) is 3. The number of benzene rings is 1. The smallest absolute Gasteiger partial charge is 0.312 e. The minimum absolute atomic E-state index is 0.0564. The fraction of sp³-hybridized carbons (Fsp3) is 0.556. The van der Waals surface area contributed by atoms with Crippen molar-refractivity contribution in [2.45, 2.75) is 38.1 Å². The quantitative estimate of drug-likeness (QED) is 0.703. The first-order valence-electron chi connectivity index (χ1n) is 8.66. The number of primary amides is 1. The Hall–Kier alpha value is -2.08. The molecule has 1 aromatic rings. The summed E-state index contributed by atoms with van der Waals surface area (Å²) in [6.45, 7) is 3.84. The Kier molecular flexibility index (Phi) is 6.61. The van der Waals surface area contributed by atoms with Gasteiger partial charge in [-0.1, -0.05) is 50.1 Å². The lowest BCUT2D eigenvalue weighted by Gasteiger charge is -2.24. The molecule has 2 rings (SSSR count). The second kappa shape index (κ2) is 8.68. The Morgan fingerprint density at radius 1 is 1.29 bits per heavy atom. The summed E-state index contributed by atoms with van der Waals surface area (Å²) in [4.78, 5) is 25.9. The number of hydrogen-bond acceptors (Lipinski definition) is 3. The van der Waals surface area contributed by atoms with Gasteiger partial charge >= 0.3 is 6.03 Å². The van der Waals surface area contributed by atoms with Gasteiger partial charge in [0.2, 0.25) is 5.91 Å². The van der Waals surface area contributed by atoms with Crippen LogP contribution >= 0.6 is 0 Å². The minimum atomic E-state index is -0.654. The number of rotatable bonds is 7. The number of nitrogens with zero attached hydrogens (tertiary/aromatic N) is 1. The number of carbonyl (C=O) groups excluding carboxylic acids is 2. The fourth-order valence-electron chi connectivity index (χ4n) is 3.43. The minimum Gasteiger partial charge on any atom is -0.352 e. The van der Waals surface area contributed by atoms with Gasteiger partial charge in [0.05, 0.1) is 0 Å². The molecule has 0 aliphatic carbocycles. The van der Waals surface area contributed by atoms with Gasteiger partial charge in [-0.25, -0.2) is 4.79 Å². The lowest BCUT2D eigenvalue weighted by Crippen LogP contribution is -2.49. The highest BCUT2D eigenvalue weighted by Gasteiger charge is 2.37. The van der Waals surface area contributed by atoms with Crippen molar-refractivity contribution in [3.05, 3.63) is 35.9 Å². The highest BCUT2D eigenvalue weighted by molar-refractivity contribution is 5.86. The maximum absolute atomic E-state index is 12.8. The summed E-state index contributed by atoms with van der Waals surface area (Å²) < 4.78 is 0. The first kappa shape index (κ1) is 18.3. The Labute approximate surface area is 143 Å². The van der Waals surface area contributed by atoms with Crippen LogP contribution < -0.4 is 16.8 Å². The molecule has 24 heavy (non-hydrogen) atoms. The van der Waals surface area contributed by atoms with Crippen molar-refractivity contribution < 1.29 is 9.59 Å². The van der Waals surface area contributed by atoms with E-state index in [1.807, 2.05) is 23.1 Å². The summed E-state index contributed by atoms with van der Waals surface area (Å²) in [6, 6.07) is 8.96. The van der Waals surface area contributed by atoms with Crippen LogP contribution in [0.5, 0.6) is 0 Å². The van der Waals surface area contributed by atoms with Crippen LogP contribution in [0.1, 0.15) is 37.7 Å². The highest BCUT2D eigenvalue weighted by Crippen LogP contribution is 2.32. The van der Waals surface area contributed by atoms with Crippen molar-refractivity contribution in [2.24, 2.45) is 17.4 Å². The maximum Gasteiger partial charge on any atom is 0.312 e. The van der Waals surface area contributed by atoms with Crippen LogP contribution in [0.25, 0.3) is 0 Å². The van der Waals surface area contributed by atoms with E-state index in [0.717, 1.165) is 12.8 Å². The second-order valence-corrected chi connectivity index (χ2v) is 6.46. The molecule has 1 saturated heterocycles. The van der Waals surface area contributed by atoms with Gasteiger partial charge < -0.3 is 21.7 Å². The van der Waals surface area contributed by atoms with E-state index in [-0.39, 0.29) is 17.7 Å². The molecule has 132 valence electrons. The summed E-state index contributed by atoms with van der Waals surface area (Å²) >= 11 is 0. The molecule has 0 saturated carbocycles. The average molecular weight is 332 g/mol. The zero-order chi connectivity index (χ0) is 17.5. The van der Waals surface area contributed by atoms with Gasteiger partial charge in [0, 0.05) is 19.0 Å². The third-order valence-electron chi connectivity index (χ3n) is 4.74. The lowest BCUT2D eigenvalue weighted by molar-refractivity contribution is -0.132. The topological polar surface area (TPSA) is 101 Å². The molecule has 3 amide bonds. The molecule has 1 unspecified atom stereocenters. The monoisotopic (exact) mass is 332 g/mol. The summed E-state index contributed by atoms with van der Waals surface area (Å²) in [5, 5.41) is 2.60. The number of amides is 3. The molecule has 3 atom stereocenters. The molecule has 0 aromatic heterocycles.